The van der Waals surface area contributed by atoms with Crippen molar-refractivity contribution in [2.45, 2.75) is 65.2 Å². The summed E-state index contributed by atoms with van der Waals surface area (Å²) >= 11 is 0. The smallest absolute Gasteiger partial charge is 0.324 e. The van der Waals surface area contributed by atoms with E-state index in [-0.39, 0.29) is 6.42 Å². The summed E-state index contributed by atoms with van der Waals surface area (Å²) in [5.74, 6) is 0. The van der Waals surface area contributed by atoms with Crippen LogP contribution in [0.3, 0.4) is 0 Å². The summed E-state index contributed by atoms with van der Waals surface area (Å²) in [4.78, 5) is 36.7. The van der Waals surface area contributed by atoms with Crippen molar-refractivity contribution in [1.82, 2.24) is 0 Å². The normalized spacial score (nSPS) is 13.1. The summed E-state index contributed by atoms with van der Waals surface area (Å²) in [6.07, 6.45) is 6.95. The molecular formula is C20H32O6P2. The summed E-state index contributed by atoms with van der Waals surface area (Å²) < 4.78 is 22.7. The Morgan fingerprint density at radius 2 is 1.68 bits per heavy atom. The van der Waals surface area contributed by atoms with Crippen LogP contribution in [0.2, 0.25) is 0 Å². The van der Waals surface area contributed by atoms with Gasteiger partial charge in [-0.25, -0.2) is 0 Å². The van der Waals surface area contributed by atoms with Crippen LogP contribution in [0.5, 0.6) is 0 Å². The first-order valence-corrected chi connectivity index (χ1v) is 12.7. The fourth-order valence-corrected chi connectivity index (χ4v) is 5.65. The van der Waals surface area contributed by atoms with E-state index in [1.807, 2.05) is 19.1 Å². The number of rotatable bonds is 10. The van der Waals surface area contributed by atoms with E-state index in [4.69, 9.17) is 0 Å². The lowest BCUT2D eigenvalue weighted by molar-refractivity contribution is 0.334. The first-order chi connectivity index (χ1) is 12.8. The van der Waals surface area contributed by atoms with Crippen LogP contribution in [-0.4, -0.2) is 25.0 Å². The van der Waals surface area contributed by atoms with Gasteiger partial charge in [0.1, 0.15) is 0 Å². The third-order valence-corrected chi connectivity index (χ3v) is 8.43. The minimum atomic E-state index is -4.85. The Balaban J connectivity index is 2.74. The zero-order valence-electron chi connectivity index (χ0n) is 17.0. The van der Waals surface area contributed by atoms with Gasteiger partial charge in [0, 0.05) is 0 Å². The van der Waals surface area contributed by atoms with E-state index < -0.39 is 20.6 Å². The molecule has 0 heterocycles. The first kappa shape index (κ1) is 25.0. The van der Waals surface area contributed by atoms with Gasteiger partial charge >= 0.3 is 15.2 Å². The monoisotopic (exact) mass is 430 g/mol. The van der Waals surface area contributed by atoms with Crippen LogP contribution in [-0.2, 0) is 15.6 Å². The number of hydrogen-bond acceptors (Lipinski definition) is 2. The second-order valence-electron chi connectivity index (χ2n) is 7.55. The lowest BCUT2D eigenvalue weighted by Gasteiger charge is -2.19. The molecule has 0 bridgehead atoms. The fourth-order valence-electron chi connectivity index (χ4n) is 3.04. The Labute approximate surface area is 167 Å². The fraction of sp³-hybridized carbons (Fsp3) is 0.500. The van der Waals surface area contributed by atoms with Gasteiger partial charge in [0.05, 0.1) is 0 Å². The van der Waals surface area contributed by atoms with Gasteiger partial charge in [0.15, 0.2) is 5.40 Å². The largest absolute Gasteiger partial charge is 0.340 e. The summed E-state index contributed by atoms with van der Waals surface area (Å²) in [7, 11) is -9.69. The molecule has 0 aliphatic carbocycles. The van der Waals surface area contributed by atoms with Gasteiger partial charge in [-0.05, 0) is 76.5 Å². The molecular weight excluding hydrogens is 398 g/mol. The molecule has 0 saturated heterocycles. The second-order valence-corrected chi connectivity index (χ2v) is 11.6. The molecule has 0 unspecified atom stereocenters. The molecule has 1 aromatic carbocycles. The van der Waals surface area contributed by atoms with Crippen LogP contribution in [0.25, 0.3) is 6.08 Å². The van der Waals surface area contributed by atoms with Crippen molar-refractivity contribution in [2.75, 3.05) is 0 Å². The molecule has 0 aromatic heterocycles. The third-order valence-electron chi connectivity index (χ3n) is 4.56. The quantitative estimate of drug-likeness (QED) is 0.301. The Morgan fingerprint density at radius 3 is 2.18 bits per heavy atom. The molecule has 0 amide bonds. The molecule has 0 aliphatic heterocycles. The van der Waals surface area contributed by atoms with Crippen molar-refractivity contribution in [2.24, 2.45) is 0 Å². The highest BCUT2D eigenvalue weighted by atomic mass is 31.2. The minimum absolute atomic E-state index is 0.223. The number of benzene rings is 1. The van der Waals surface area contributed by atoms with Gasteiger partial charge < -0.3 is 19.6 Å². The van der Waals surface area contributed by atoms with Crippen molar-refractivity contribution < 1.29 is 28.7 Å². The summed E-state index contributed by atoms with van der Waals surface area (Å²) in [5, 5.41) is -1.93. The molecule has 0 fully saturated rings. The van der Waals surface area contributed by atoms with E-state index in [2.05, 4.69) is 39.0 Å². The summed E-state index contributed by atoms with van der Waals surface area (Å²) in [6, 6.07) is 6.02. The van der Waals surface area contributed by atoms with Crippen LogP contribution in [0, 0.1) is 6.92 Å². The van der Waals surface area contributed by atoms with Gasteiger partial charge in [0.2, 0.25) is 0 Å². The Morgan fingerprint density at radius 1 is 1.07 bits per heavy atom. The Hall–Kier alpha value is -1.00. The van der Waals surface area contributed by atoms with Gasteiger partial charge in [-0.15, -0.1) is 0 Å². The summed E-state index contributed by atoms with van der Waals surface area (Å²) in [6.45, 7) is 8.24. The van der Waals surface area contributed by atoms with E-state index in [0.29, 0.717) is 12.8 Å². The van der Waals surface area contributed by atoms with Crippen molar-refractivity contribution in [3.05, 3.63) is 52.1 Å². The lowest BCUT2D eigenvalue weighted by atomic mass is 9.99. The van der Waals surface area contributed by atoms with E-state index in [1.165, 1.54) is 11.1 Å². The van der Waals surface area contributed by atoms with Crippen LogP contribution in [0.1, 0.15) is 63.1 Å². The van der Waals surface area contributed by atoms with Gasteiger partial charge in [-0.1, -0.05) is 41.5 Å². The molecule has 0 atom stereocenters. The maximum absolute atomic E-state index is 11.3. The first-order valence-electron chi connectivity index (χ1n) is 9.31. The standard InChI is InChI=1S/C20H32O6P2/c1-15(2)7-5-8-16(3)13-18-11-12-19(17(4)14-18)9-6-10-20(27(21,22)23)28(24,25)26/h7,11-14,20H,5-6,8-10H2,1-4H3,(H2,21,22,23)(H2,24,25,26)/b16-13+. The minimum Gasteiger partial charge on any atom is -0.324 e. The molecule has 0 saturated carbocycles. The van der Waals surface area contributed by atoms with Gasteiger partial charge in [-0.3, -0.25) is 9.13 Å². The molecule has 0 aliphatic rings. The maximum atomic E-state index is 11.3. The van der Waals surface area contributed by atoms with Crippen molar-refractivity contribution in [3.63, 3.8) is 0 Å². The zero-order chi connectivity index (χ0) is 21.5. The Kier molecular flexibility index (Phi) is 9.55. The lowest BCUT2D eigenvalue weighted by Crippen LogP contribution is -2.09. The SMILES string of the molecule is CC(C)=CCC/C(C)=C/c1ccc(CCCC(P(=O)(O)O)P(=O)(O)O)c(C)c1. The highest BCUT2D eigenvalue weighted by molar-refractivity contribution is 7.70. The second kappa shape index (κ2) is 10.7. The van der Waals surface area contributed by atoms with Gasteiger partial charge in [0.25, 0.3) is 0 Å². The topological polar surface area (TPSA) is 115 Å². The molecule has 8 heteroatoms. The van der Waals surface area contributed by atoms with Gasteiger partial charge in [-0.2, -0.15) is 0 Å². The van der Waals surface area contributed by atoms with E-state index in [0.717, 1.165) is 29.5 Å². The predicted molar refractivity (Wildman–Crippen MR) is 114 cm³/mol. The van der Waals surface area contributed by atoms with E-state index in [1.54, 1.807) is 0 Å². The van der Waals surface area contributed by atoms with E-state index >= 15 is 0 Å². The van der Waals surface area contributed by atoms with Crippen molar-refractivity contribution in [1.29, 1.82) is 0 Å². The van der Waals surface area contributed by atoms with E-state index in [9.17, 15) is 28.7 Å². The number of allylic oxidation sites excluding steroid dienone is 3. The Bertz CT molecular complexity index is 790. The number of hydrogen-bond donors (Lipinski definition) is 4. The van der Waals surface area contributed by atoms with Crippen LogP contribution >= 0.6 is 15.2 Å². The molecule has 0 radical (unpaired) electrons. The van der Waals surface area contributed by atoms with Crippen LogP contribution in [0.15, 0.2) is 35.4 Å². The summed E-state index contributed by atoms with van der Waals surface area (Å²) in [5.41, 5.74) is 5.76. The zero-order valence-corrected chi connectivity index (χ0v) is 18.8. The average Bonchev–Trinajstić information content (AvgIpc) is 2.50. The molecule has 158 valence electrons. The average molecular weight is 430 g/mol. The van der Waals surface area contributed by atoms with Crippen molar-refractivity contribution in [3.8, 4) is 0 Å². The molecule has 1 rings (SSSR count). The van der Waals surface area contributed by atoms with Crippen molar-refractivity contribution >= 4 is 21.3 Å². The number of aryl methyl sites for hydroxylation is 2. The highest BCUT2D eigenvalue weighted by Gasteiger charge is 2.42. The molecule has 0 spiro atoms. The van der Waals surface area contributed by atoms with Crippen LogP contribution < -0.4 is 0 Å². The molecule has 1 aromatic rings. The molecule has 4 N–H and O–H groups in total. The molecule has 28 heavy (non-hydrogen) atoms. The highest BCUT2D eigenvalue weighted by Crippen LogP contribution is 2.61. The maximum Gasteiger partial charge on any atom is 0.340 e. The van der Waals surface area contributed by atoms with Crippen LogP contribution in [0.4, 0.5) is 0 Å². The predicted octanol–water partition coefficient (Wildman–Crippen LogP) is 5.15. The third kappa shape index (κ3) is 9.00. The molecule has 6 nitrogen and oxygen atoms in total.